The first-order valence-corrected chi connectivity index (χ1v) is 6.82. The van der Waals surface area contributed by atoms with Gasteiger partial charge in [0.15, 0.2) is 0 Å². The van der Waals surface area contributed by atoms with E-state index in [9.17, 15) is 9.90 Å². The molecule has 1 aliphatic carbocycles. The zero-order chi connectivity index (χ0) is 14.6. The van der Waals surface area contributed by atoms with E-state index in [2.05, 4.69) is 0 Å². The Morgan fingerprint density at radius 2 is 2.29 bits per heavy atom. The molecule has 0 radical (unpaired) electrons. The van der Waals surface area contributed by atoms with Crippen LogP contribution in [-0.2, 0) is 9.53 Å². The Bertz CT molecular complexity index is 701. The zero-order valence-electron chi connectivity index (χ0n) is 11.5. The molecule has 2 aliphatic heterocycles. The fourth-order valence-electron chi connectivity index (χ4n) is 3.15. The molecule has 3 aliphatic rings. The molecule has 0 bridgehead atoms. The average Bonchev–Trinajstić information content (AvgIpc) is 3.13. The highest BCUT2D eigenvalue weighted by atomic mass is 16.7. The lowest BCUT2D eigenvalue weighted by molar-refractivity contribution is -0.116. The summed E-state index contributed by atoms with van der Waals surface area (Å²) in [7, 11) is 1.54. The first kappa shape index (κ1) is 12.3. The van der Waals surface area contributed by atoms with Gasteiger partial charge in [-0.15, -0.1) is 0 Å². The fourth-order valence-corrected chi connectivity index (χ4v) is 3.15. The summed E-state index contributed by atoms with van der Waals surface area (Å²) in [5.41, 5.74) is 2.10. The van der Waals surface area contributed by atoms with Crippen LogP contribution in [0.2, 0.25) is 0 Å². The molecule has 108 valence electrons. The molecule has 2 atom stereocenters. The van der Waals surface area contributed by atoms with Crippen molar-refractivity contribution in [1.29, 1.82) is 0 Å². The Morgan fingerprint density at radius 3 is 3.00 bits per heavy atom. The van der Waals surface area contributed by atoms with Gasteiger partial charge in [-0.25, -0.2) is 0 Å². The van der Waals surface area contributed by atoms with Crippen LogP contribution in [0.1, 0.15) is 29.9 Å². The van der Waals surface area contributed by atoms with E-state index in [1.807, 2.05) is 12.2 Å². The van der Waals surface area contributed by atoms with Crippen molar-refractivity contribution < 1.29 is 24.1 Å². The molecule has 0 spiro atoms. The number of aromatic hydroxyl groups is 1. The maximum absolute atomic E-state index is 11.5. The van der Waals surface area contributed by atoms with Crippen LogP contribution in [0.3, 0.4) is 0 Å². The van der Waals surface area contributed by atoms with Gasteiger partial charge in [0.25, 0.3) is 6.29 Å². The van der Waals surface area contributed by atoms with E-state index in [0.29, 0.717) is 35.5 Å². The van der Waals surface area contributed by atoms with E-state index in [0.717, 1.165) is 5.57 Å². The largest absolute Gasteiger partial charge is 0.507 e. The van der Waals surface area contributed by atoms with Crippen molar-refractivity contribution in [2.75, 3.05) is 7.11 Å². The SMILES string of the molecule is COc1cc2c(c(O)c1C1=CCC(=O)C1)C1C=COC1O2. The molecule has 0 saturated carbocycles. The van der Waals surface area contributed by atoms with Crippen LogP contribution in [0.5, 0.6) is 17.2 Å². The Kier molecular flexibility index (Phi) is 2.51. The minimum atomic E-state index is -0.426. The molecule has 21 heavy (non-hydrogen) atoms. The van der Waals surface area contributed by atoms with Crippen molar-refractivity contribution in [3.63, 3.8) is 0 Å². The monoisotopic (exact) mass is 286 g/mol. The predicted octanol–water partition coefficient (Wildman–Crippen LogP) is 2.49. The molecule has 0 amide bonds. The van der Waals surface area contributed by atoms with Crippen molar-refractivity contribution in [1.82, 2.24) is 0 Å². The molecule has 2 unspecified atom stereocenters. The van der Waals surface area contributed by atoms with Crippen LogP contribution in [0.15, 0.2) is 24.5 Å². The summed E-state index contributed by atoms with van der Waals surface area (Å²) in [5.74, 6) is 1.22. The highest BCUT2D eigenvalue weighted by Gasteiger charge is 2.41. The van der Waals surface area contributed by atoms with Gasteiger partial charge in [0.05, 0.1) is 30.4 Å². The van der Waals surface area contributed by atoms with E-state index in [1.165, 1.54) is 7.11 Å². The highest BCUT2D eigenvalue weighted by molar-refractivity contribution is 5.99. The van der Waals surface area contributed by atoms with Crippen LogP contribution in [-0.4, -0.2) is 24.3 Å². The lowest BCUT2D eigenvalue weighted by Gasteiger charge is -2.15. The summed E-state index contributed by atoms with van der Waals surface area (Å²) >= 11 is 0. The number of carbonyl (C=O) groups excluding carboxylic acids is 1. The first-order valence-electron chi connectivity index (χ1n) is 6.82. The van der Waals surface area contributed by atoms with Crippen molar-refractivity contribution >= 4 is 11.4 Å². The molecule has 5 heteroatoms. The Balaban J connectivity index is 1.89. The summed E-state index contributed by atoms with van der Waals surface area (Å²) < 4.78 is 16.4. The Hall–Kier alpha value is -2.43. The third-order valence-electron chi connectivity index (χ3n) is 4.14. The summed E-state index contributed by atoms with van der Waals surface area (Å²) in [6.45, 7) is 0. The first-order chi connectivity index (χ1) is 10.2. The van der Waals surface area contributed by atoms with Gasteiger partial charge in [-0.2, -0.15) is 0 Å². The van der Waals surface area contributed by atoms with E-state index in [4.69, 9.17) is 14.2 Å². The Labute approximate surface area is 121 Å². The van der Waals surface area contributed by atoms with Gasteiger partial charge in [-0.05, 0) is 11.6 Å². The smallest absolute Gasteiger partial charge is 0.250 e. The number of ether oxygens (including phenoxy) is 3. The highest BCUT2D eigenvalue weighted by Crippen LogP contribution is 2.53. The molecular formula is C16H14O5. The van der Waals surface area contributed by atoms with Gasteiger partial charge in [-0.3, -0.25) is 4.79 Å². The van der Waals surface area contributed by atoms with Gasteiger partial charge in [-0.1, -0.05) is 6.08 Å². The maximum Gasteiger partial charge on any atom is 0.250 e. The molecule has 1 aromatic carbocycles. The topological polar surface area (TPSA) is 65.0 Å². The number of ketones is 1. The molecule has 1 aromatic rings. The van der Waals surface area contributed by atoms with Crippen molar-refractivity contribution in [3.8, 4) is 17.2 Å². The number of hydrogen-bond acceptors (Lipinski definition) is 5. The maximum atomic E-state index is 11.5. The summed E-state index contributed by atoms with van der Waals surface area (Å²) in [5, 5.41) is 10.7. The number of Topliss-reactive ketones (excluding diaryl/α,β-unsaturated/α-hetero) is 1. The quantitative estimate of drug-likeness (QED) is 0.905. The number of methoxy groups -OCH3 is 1. The molecule has 4 rings (SSSR count). The summed E-state index contributed by atoms with van der Waals surface area (Å²) in [4.78, 5) is 11.5. The third-order valence-corrected chi connectivity index (χ3v) is 4.14. The number of allylic oxidation sites excluding steroid dienone is 2. The molecule has 2 heterocycles. The molecular weight excluding hydrogens is 272 g/mol. The van der Waals surface area contributed by atoms with Crippen molar-refractivity contribution in [3.05, 3.63) is 35.6 Å². The van der Waals surface area contributed by atoms with E-state index >= 15 is 0 Å². The van der Waals surface area contributed by atoms with Gasteiger partial charge >= 0.3 is 0 Å². The van der Waals surface area contributed by atoms with E-state index in [-0.39, 0.29) is 17.5 Å². The number of fused-ring (bicyclic) bond motifs is 3. The van der Waals surface area contributed by atoms with Gasteiger partial charge < -0.3 is 19.3 Å². The average molecular weight is 286 g/mol. The van der Waals surface area contributed by atoms with Crippen molar-refractivity contribution in [2.24, 2.45) is 0 Å². The van der Waals surface area contributed by atoms with Crippen LogP contribution < -0.4 is 9.47 Å². The number of phenols is 1. The number of hydrogen-bond donors (Lipinski definition) is 1. The molecule has 0 saturated heterocycles. The lowest BCUT2D eigenvalue weighted by atomic mass is 9.93. The van der Waals surface area contributed by atoms with Crippen LogP contribution >= 0.6 is 0 Å². The summed E-state index contributed by atoms with van der Waals surface area (Å²) in [6.07, 6.45) is 5.59. The molecule has 0 aromatic heterocycles. The Morgan fingerprint density at radius 1 is 1.43 bits per heavy atom. The third kappa shape index (κ3) is 1.67. The molecule has 1 N–H and O–H groups in total. The van der Waals surface area contributed by atoms with Crippen LogP contribution in [0.25, 0.3) is 5.57 Å². The minimum absolute atomic E-state index is 0.118. The second kappa shape index (κ2) is 4.28. The van der Waals surface area contributed by atoms with Crippen LogP contribution in [0.4, 0.5) is 0 Å². The van der Waals surface area contributed by atoms with Gasteiger partial charge in [0.2, 0.25) is 0 Å². The molecule has 5 nitrogen and oxygen atoms in total. The van der Waals surface area contributed by atoms with Gasteiger partial charge in [0, 0.05) is 18.9 Å². The normalized spacial score (nSPS) is 25.2. The second-order valence-electron chi connectivity index (χ2n) is 5.34. The molecule has 0 fully saturated rings. The second-order valence-corrected chi connectivity index (χ2v) is 5.34. The van der Waals surface area contributed by atoms with Gasteiger partial charge in [0.1, 0.15) is 23.0 Å². The number of rotatable bonds is 2. The van der Waals surface area contributed by atoms with E-state index < -0.39 is 6.29 Å². The minimum Gasteiger partial charge on any atom is -0.507 e. The lowest BCUT2D eigenvalue weighted by Crippen LogP contribution is -2.14. The predicted molar refractivity (Wildman–Crippen MR) is 74.3 cm³/mol. The summed E-state index contributed by atoms with van der Waals surface area (Å²) in [6, 6.07) is 1.75. The fraction of sp³-hybridized carbons (Fsp3) is 0.312. The van der Waals surface area contributed by atoms with Crippen LogP contribution in [0, 0.1) is 0 Å². The van der Waals surface area contributed by atoms with Crippen molar-refractivity contribution in [2.45, 2.75) is 25.0 Å². The number of phenolic OH excluding ortho intramolecular Hbond substituents is 1. The van der Waals surface area contributed by atoms with E-state index in [1.54, 1.807) is 12.3 Å². The standard InChI is InChI=1S/C16H14O5/c1-19-11-7-12-14(10-4-5-20-16(10)21-12)15(18)13(11)8-2-3-9(17)6-8/h2,4-5,7,10,16,18H,3,6H2,1H3. The zero-order valence-corrected chi connectivity index (χ0v) is 11.5. The number of carbonyl (C=O) groups is 1. The number of benzene rings is 1.